The molecule has 0 saturated carbocycles. The van der Waals surface area contributed by atoms with E-state index in [1.807, 2.05) is 6.07 Å². The predicted octanol–water partition coefficient (Wildman–Crippen LogP) is 1.10. The van der Waals surface area contributed by atoms with Crippen LogP contribution < -0.4 is 25.8 Å². The van der Waals surface area contributed by atoms with Crippen molar-refractivity contribution in [3.63, 3.8) is 0 Å². The third kappa shape index (κ3) is 4.88. The lowest BCUT2D eigenvalue weighted by atomic mass is 9.89. The van der Waals surface area contributed by atoms with E-state index in [9.17, 15) is 9.59 Å². The SMILES string of the molecule is COc1cc(CNC(=O)CC2CC3CCC(C2)N3)ccc1OCC(N)=O. The molecule has 2 aliphatic rings. The van der Waals surface area contributed by atoms with Gasteiger partial charge in [0.2, 0.25) is 5.91 Å². The van der Waals surface area contributed by atoms with Gasteiger partial charge in [-0.25, -0.2) is 0 Å². The number of methoxy groups -OCH3 is 1. The highest BCUT2D eigenvalue weighted by Gasteiger charge is 2.34. The number of nitrogens with two attached hydrogens (primary N) is 1. The van der Waals surface area contributed by atoms with Crippen LogP contribution in [0.1, 0.15) is 37.7 Å². The number of carbonyl (C=O) groups excluding carboxylic acids is 2. The van der Waals surface area contributed by atoms with Crippen molar-refractivity contribution in [3.05, 3.63) is 23.8 Å². The summed E-state index contributed by atoms with van der Waals surface area (Å²) < 4.78 is 10.6. The van der Waals surface area contributed by atoms with E-state index in [1.165, 1.54) is 20.0 Å². The Morgan fingerprint density at radius 2 is 1.96 bits per heavy atom. The zero-order valence-electron chi connectivity index (χ0n) is 15.1. The molecule has 0 spiro atoms. The Labute approximate surface area is 153 Å². The van der Waals surface area contributed by atoms with Gasteiger partial charge in [0.15, 0.2) is 18.1 Å². The molecular weight excluding hydrogens is 334 g/mol. The van der Waals surface area contributed by atoms with Crippen LogP contribution >= 0.6 is 0 Å². The molecule has 4 N–H and O–H groups in total. The van der Waals surface area contributed by atoms with Gasteiger partial charge in [0.25, 0.3) is 5.91 Å². The van der Waals surface area contributed by atoms with Crippen molar-refractivity contribution in [3.8, 4) is 11.5 Å². The molecule has 2 unspecified atom stereocenters. The summed E-state index contributed by atoms with van der Waals surface area (Å²) in [5, 5.41) is 6.59. The molecular formula is C19H27N3O4. The molecule has 1 aromatic carbocycles. The topological polar surface area (TPSA) is 103 Å². The molecule has 0 aliphatic carbocycles. The fraction of sp³-hybridized carbons (Fsp3) is 0.579. The second-order valence-corrected chi connectivity index (χ2v) is 7.20. The number of rotatable bonds is 8. The van der Waals surface area contributed by atoms with Crippen LogP contribution in [0.3, 0.4) is 0 Å². The van der Waals surface area contributed by atoms with Gasteiger partial charge in [-0.1, -0.05) is 6.07 Å². The van der Waals surface area contributed by atoms with Crippen LogP contribution in [0.2, 0.25) is 0 Å². The van der Waals surface area contributed by atoms with Gasteiger partial charge in [-0.05, 0) is 49.3 Å². The summed E-state index contributed by atoms with van der Waals surface area (Å²) in [7, 11) is 1.53. The number of carbonyl (C=O) groups is 2. The lowest BCUT2D eigenvalue weighted by molar-refractivity contribution is -0.122. The number of nitrogens with one attached hydrogen (secondary N) is 2. The lowest BCUT2D eigenvalue weighted by Crippen LogP contribution is -2.39. The van der Waals surface area contributed by atoms with Crippen LogP contribution in [0.5, 0.6) is 11.5 Å². The van der Waals surface area contributed by atoms with Gasteiger partial charge in [0.05, 0.1) is 7.11 Å². The summed E-state index contributed by atoms with van der Waals surface area (Å²) in [5.74, 6) is 0.978. The van der Waals surface area contributed by atoms with Gasteiger partial charge >= 0.3 is 0 Å². The first-order valence-electron chi connectivity index (χ1n) is 9.14. The summed E-state index contributed by atoms with van der Waals surface area (Å²) >= 11 is 0. The molecule has 2 atom stereocenters. The van der Waals surface area contributed by atoms with E-state index >= 15 is 0 Å². The van der Waals surface area contributed by atoms with E-state index in [-0.39, 0.29) is 12.5 Å². The highest BCUT2D eigenvalue weighted by atomic mass is 16.5. The first kappa shape index (κ1) is 18.5. The van der Waals surface area contributed by atoms with Gasteiger partial charge in [-0.2, -0.15) is 0 Å². The summed E-state index contributed by atoms with van der Waals surface area (Å²) in [6.45, 7) is 0.230. The number of hydrogen-bond acceptors (Lipinski definition) is 5. The molecule has 0 radical (unpaired) electrons. The molecule has 142 valence electrons. The minimum Gasteiger partial charge on any atom is -0.493 e. The number of benzene rings is 1. The van der Waals surface area contributed by atoms with Crippen LogP contribution in [0.25, 0.3) is 0 Å². The molecule has 3 rings (SSSR count). The number of fused-ring (bicyclic) bond motifs is 2. The third-order valence-corrected chi connectivity index (χ3v) is 5.13. The Morgan fingerprint density at radius 1 is 1.23 bits per heavy atom. The van der Waals surface area contributed by atoms with E-state index in [2.05, 4.69) is 10.6 Å². The summed E-state index contributed by atoms with van der Waals surface area (Å²) in [6, 6.07) is 6.55. The van der Waals surface area contributed by atoms with Gasteiger partial charge in [0, 0.05) is 25.0 Å². The Hall–Kier alpha value is -2.28. The molecule has 0 aromatic heterocycles. The monoisotopic (exact) mass is 361 g/mol. The maximum Gasteiger partial charge on any atom is 0.255 e. The molecule has 2 heterocycles. The number of ether oxygens (including phenoxy) is 2. The van der Waals surface area contributed by atoms with Gasteiger partial charge < -0.3 is 25.8 Å². The molecule has 1 aromatic rings. The van der Waals surface area contributed by atoms with Crippen molar-refractivity contribution < 1.29 is 19.1 Å². The van der Waals surface area contributed by atoms with E-state index in [0.29, 0.717) is 42.5 Å². The molecule has 2 aliphatic heterocycles. The second-order valence-electron chi connectivity index (χ2n) is 7.20. The normalized spacial score (nSPS) is 24.1. The fourth-order valence-electron chi connectivity index (χ4n) is 3.97. The first-order valence-corrected chi connectivity index (χ1v) is 9.14. The first-order chi connectivity index (χ1) is 12.5. The Balaban J connectivity index is 1.49. The highest BCUT2D eigenvalue weighted by Crippen LogP contribution is 2.32. The average molecular weight is 361 g/mol. The smallest absolute Gasteiger partial charge is 0.255 e. The Bertz CT molecular complexity index is 652. The molecule has 26 heavy (non-hydrogen) atoms. The molecule has 2 bridgehead atoms. The minimum absolute atomic E-state index is 0.0873. The predicted molar refractivity (Wildman–Crippen MR) is 96.8 cm³/mol. The summed E-state index contributed by atoms with van der Waals surface area (Å²) in [6.07, 6.45) is 5.28. The molecule has 2 amide bonds. The van der Waals surface area contributed by atoms with Crippen LogP contribution in [-0.4, -0.2) is 37.6 Å². The van der Waals surface area contributed by atoms with Gasteiger partial charge in [0.1, 0.15) is 0 Å². The molecule has 7 heteroatoms. The Morgan fingerprint density at radius 3 is 2.62 bits per heavy atom. The third-order valence-electron chi connectivity index (χ3n) is 5.13. The lowest BCUT2D eigenvalue weighted by Gasteiger charge is -2.28. The van der Waals surface area contributed by atoms with E-state index in [4.69, 9.17) is 15.2 Å². The minimum atomic E-state index is -0.547. The van der Waals surface area contributed by atoms with Crippen molar-refractivity contribution in [1.29, 1.82) is 0 Å². The fourth-order valence-corrected chi connectivity index (χ4v) is 3.97. The van der Waals surface area contributed by atoms with Gasteiger partial charge in [-0.3, -0.25) is 9.59 Å². The maximum absolute atomic E-state index is 12.3. The summed E-state index contributed by atoms with van der Waals surface area (Å²) in [5.41, 5.74) is 5.99. The standard InChI is InChI=1S/C19H27N3O4/c1-25-17-8-12(2-5-16(17)26-11-18(20)23)10-21-19(24)9-13-6-14-3-4-15(7-13)22-14/h2,5,8,13-15,22H,3-4,6-7,9-11H2,1H3,(H2,20,23)(H,21,24). The largest absolute Gasteiger partial charge is 0.493 e. The van der Waals surface area contributed by atoms with Crippen molar-refractivity contribution in [2.45, 2.75) is 50.7 Å². The maximum atomic E-state index is 12.3. The van der Waals surface area contributed by atoms with Crippen LogP contribution in [-0.2, 0) is 16.1 Å². The van der Waals surface area contributed by atoms with E-state index in [0.717, 1.165) is 18.4 Å². The number of primary amides is 1. The van der Waals surface area contributed by atoms with Crippen molar-refractivity contribution in [1.82, 2.24) is 10.6 Å². The highest BCUT2D eigenvalue weighted by molar-refractivity contribution is 5.76. The zero-order chi connectivity index (χ0) is 18.5. The van der Waals surface area contributed by atoms with Crippen LogP contribution in [0, 0.1) is 5.92 Å². The van der Waals surface area contributed by atoms with Crippen molar-refractivity contribution in [2.75, 3.05) is 13.7 Å². The van der Waals surface area contributed by atoms with Crippen LogP contribution in [0.15, 0.2) is 18.2 Å². The Kier molecular flexibility index (Phi) is 5.98. The van der Waals surface area contributed by atoms with E-state index < -0.39 is 5.91 Å². The van der Waals surface area contributed by atoms with Gasteiger partial charge in [-0.15, -0.1) is 0 Å². The number of hydrogen-bond donors (Lipinski definition) is 3. The number of piperidine rings is 1. The molecule has 2 fully saturated rings. The average Bonchev–Trinajstić information content (AvgIpc) is 2.96. The molecule has 7 nitrogen and oxygen atoms in total. The number of amides is 2. The molecule has 2 saturated heterocycles. The second kappa shape index (κ2) is 8.40. The quantitative estimate of drug-likeness (QED) is 0.643. The van der Waals surface area contributed by atoms with Crippen molar-refractivity contribution >= 4 is 11.8 Å². The van der Waals surface area contributed by atoms with Crippen molar-refractivity contribution in [2.24, 2.45) is 11.7 Å². The zero-order valence-corrected chi connectivity index (χ0v) is 15.1. The summed E-state index contributed by atoms with van der Waals surface area (Å²) in [4.78, 5) is 23.1. The van der Waals surface area contributed by atoms with E-state index in [1.54, 1.807) is 12.1 Å². The van der Waals surface area contributed by atoms with Crippen LogP contribution in [0.4, 0.5) is 0 Å².